The number of piperazine rings is 1. The molecule has 1 spiro atoms. The van der Waals surface area contributed by atoms with Gasteiger partial charge in [0.25, 0.3) is 0 Å². The van der Waals surface area contributed by atoms with Crippen LogP contribution in [-0.2, 0) is 0 Å². The number of amides is 2. The summed E-state index contributed by atoms with van der Waals surface area (Å²) in [7, 11) is 0. The quantitative estimate of drug-likeness (QED) is 0.813. The molecule has 26 heavy (non-hydrogen) atoms. The summed E-state index contributed by atoms with van der Waals surface area (Å²) >= 11 is 0. The van der Waals surface area contributed by atoms with Gasteiger partial charge in [-0.2, -0.15) is 0 Å². The van der Waals surface area contributed by atoms with Gasteiger partial charge in [-0.1, -0.05) is 49.6 Å². The van der Waals surface area contributed by atoms with E-state index in [2.05, 4.69) is 17.4 Å². The summed E-state index contributed by atoms with van der Waals surface area (Å²) < 4.78 is 0. The van der Waals surface area contributed by atoms with Crippen molar-refractivity contribution in [1.82, 2.24) is 15.1 Å². The molecule has 1 aromatic rings. The molecule has 1 aliphatic carbocycles. The molecule has 1 saturated carbocycles. The Balaban J connectivity index is 1.52. The van der Waals surface area contributed by atoms with E-state index < -0.39 is 0 Å². The lowest BCUT2D eigenvalue weighted by molar-refractivity contribution is -0.0597. The molecule has 2 aliphatic heterocycles. The van der Waals surface area contributed by atoms with Gasteiger partial charge in [0.15, 0.2) is 0 Å². The van der Waals surface area contributed by atoms with Crippen molar-refractivity contribution in [2.45, 2.75) is 50.7 Å². The number of piperidine rings is 1. The van der Waals surface area contributed by atoms with Crippen LogP contribution in [0.1, 0.15) is 50.1 Å². The van der Waals surface area contributed by atoms with E-state index in [9.17, 15) is 9.90 Å². The maximum Gasteiger partial charge on any atom is 0.320 e. The fourth-order valence-corrected chi connectivity index (χ4v) is 5.15. The van der Waals surface area contributed by atoms with Gasteiger partial charge >= 0.3 is 6.03 Å². The number of urea groups is 1. The number of carbonyl (C=O) groups excluding carboxylic acids is 1. The van der Waals surface area contributed by atoms with Gasteiger partial charge in [0.1, 0.15) is 0 Å². The van der Waals surface area contributed by atoms with Crippen LogP contribution >= 0.6 is 0 Å². The van der Waals surface area contributed by atoms with E-state index in [-0.39, 0.29) is 23.6 Å². The van der Waals surface area contributed by atoms with Crippen molar-refractivity contribution in [2.24, 2.45) is 5.41 Å². The lowest BCUT2D eigenvalue weighted by Gasteiger charge is -2.50. The molecule has 0 aromatic heterocycles. The molecule has 1 aromatic carbocycles. The number of rotatable bonds is 1. The highest BCUT2D eigenvalue weighted by atomic mass is 16.3. The molecule has 5 nitrogen and oxygen atoms in total. The number of hydrogen-bond donors (Lipinski definition) is 2. The average molecular weight is 357 g/mol. The van der Waals surface area contributed by atoms with Crippen LogP contribution in [0.3, 0.4) is 0 Å². The maximum absolute atomic E-state index is 13.4. The van der Waals surface area contributed by atoms with E-state index in [0.717, 1.165) is 39.0 Å². The smallest absolute Gasteiger partial charge is 0.320 e. The van der Waals surface area contributed by atoms with E-state index in [1.54, 1.807) is 0 Å². The molecular formula is C21H31N3O2. The SMILES string of the molecule is O=C(N1CCC(O)C2(CCCCC2)C1)N1CCNC[C@H]1c1ccccc1. The molecule has 2 amide bonds. The summed E-state index contributed by atoms with van der Waals surface area (Å²) in [5.74, 6) is 0. The van der Waals surface area contributed by atoms with Crippen molar-refractivity contribution in [2.75, 3.05) is 32.7 Å². The fraction of sp³-hybridized carbons (Fsp3) is 0.667. The van der Waals surface area contributed by atoms with Gasteiger partial charge in [-0.25, -0.2) is 4.79 Å². The topological polar surface area (TPSA) is 55.8 Å². The molecule has 3 fully saturated rings. The van der Waals surface area contributed by atoms with Crippen molar-refractivity contribution in [1.29, 1.82) is 0 Å². The molecular weight excluding hydrogens is 326 g/mol. The molecule has 5 heteroatoms. The molecule has 2 saturated heterocycles. The Kier molecular flexibility index (Phi) is 5.18. The molecule has 2 atom stereocenters. The van der Waals surface area contributed by atoms with Crippen LogP contribution < -0.4 is 5.32 Å². The average Bonchev–Trinajstić information content (AvgIpc) is 2.71. The third-order valence-corrected chi connectivity index (χ3v) is 6.68. The summed E-state index contributed by atoms with van der Waals surface area (Å²) in [5, 5.41) is 14.1. The van der Waals surface area contributed by atoms with Crippen molar-refractivity contribution < 1.29 is 9.90 Å². The summed E-state index contributed by atoms with van der Waals surface area (Å²) in [6.07, 6.45) is 6.20. The van der Waals surface area contributed by atoms with E-state index >= 15 is 0 Å². The molecule has 1 unspecified atom stereocenters. The highest BCUT2D eigenvalue weighted by Crippen LogP contribution is 2.43. The second kappa shape index (κ2) is 7.57. The standard InChI is InChI=1S/C21H31N3O2/c25-19-9-13-23(16-21(19)10-5-2-6-11-21)20(26)24-14-12-22-15-18(24)17-7-3-1-4-8-17/h1,3-4,7-8,18-19,22,25H,2,5-6,9-16H2/t18-,19?/m0/s1. The number of nitrogens with zero attached hydrogens (tertiary/aromatic N) is 2. The van der Waals surface area contributed by atoms with Gasteiger partial charge in [-0.15, -0.1) is 0 Å². The third kappa shape index (κ3) is 3.35. The van der Waals surface area contributed by atoms with Crippen LogP contribution in [0.15, 0.2) is 30.3 Å². The predicted molar refractivity (Wildman–Crippen MR) is 102 cm³/mol. The van der Waals surface area contributed by atoms with Crippen molar-refractivity contribution in [3.8, 4) is 0 Å². The normalized spacial score (nSPS) is 29.0. The van der Waals surface area contributed by atoms with Gasteiger partial charge in [-0.05, 0) is 24.8 Å². The lowest BCUT2D eigenvalue weighted by atomic mass is 9.67. The number of nitrogens with one attached hydrogen (secondary N) is 1. The van der Waals surface area contributed by atoms with Crippen LogP contribution in [0.25, 0.3) is 0 Å². The Morgan fingerprint density at radius 3 is 2.65 bits per heavy atom. The van der Waals surface area contributed by atoms with Gasteiger partial charge in [0, 0.05) is 38.1 Å². The molecule has 4 rings (SSSR count). The zero-order valence-electron chi connectivity index (χ0n) is 15.6. The number of likely N-dealkylation sites (tertiary alicyclic amines) is 1. The number of carbonyl (C=O) groups is 1. The largest absolute Gasteiger partial charge is 0.392 e. The Labute approximate surface area is 156 Å². The van der Waals surface area contributed by atoms with Crippen LogP contribution in [0.2, 0.25) is 0 Å². The second-order valence-electron chi connectivity index (χ2n) is 8.26. The molecule has 0 bridgehead atoms. The van der Waals surface area contributed by atoms with Crippen molar-refractivity contribution >= 4 is 6.03 Å². The Hall–Kier alpha value is -1.59. The van der Waals surface area contributed by atoms with E-state index in [4.69, 9.17) is 0 Å². The van der Waals surface area contributed by atoms with E-state index in [1.165, 1.54) is 24.8 Å². The Bertz CT molecular complexity index is 615. The van der Waals surface area contributed by atoms with Crippen LogP contribution in [0, 0.1) is 5.41 Å². The summed E-state index contributed by atoms with van der Waals surface area (Å²) in [6.45, 7) is 3.78. The molecule has 3 aliphatic rings. The zero-order chi connectivity index (χ0) is 18.0. The number of benzene rings is 1. The monoisotopic (exact) mass is 357 g/mol. The zero-order valence-corrected chi connectivity index (χ0v) is 15.6. The number of aliphatic hydroxyl groups excluding tert-OH is 1. The molecule has 2 N–H and O–H groups in total. The van der Waals surface area contributed by atoms with Crippen LogP contribution in [0.4, 0.5) is 4.79 Å². The summed E-state index contributed by atoms with van der Waals surface area (Å²) in [4.78, 5) is 17.5. The number of aliphatic hydroxyl groups is 1. The third-order valence-electron chi connectivity index (χ3n) is 6.68. The van der Waals surface area contributed by atoms with Gasteiger partial charge in [-0.3, -0.25) is 0 Å². The molecule has 0 radical (unpaired) electrons. The first kappa shape index (κ1) is 17.8. The lowest BCUT2D eigenvalue weighted by Crippen LogP contribution is -2.59. The minimum absolute atomic E-state index is 0.0670. The van der Waals surface area contributed by atoms with Crippen molar-refractivity contribution in [3.05, 3.63) is 35.9 Å². The van der Waals surface area contributed by atoms with E-state index in [0.29, 0.717) is 13.0 Å². The first-order valence-electron chi connectivity index (χ1n) is 10.2. The molecule has 2 heterocycles. The van der Waals surface area contributed by atoms with Crippen LogP contribution in [0.5, 0.6) is 0 Å². The number of hydrogen-bond acceptors (Lipinski definition) is 3. The van der Waals surface area contributed by atoms with Gasteiger partial charge in [0.2, 0.25) is 0 Å². The first-order chi connectivity index (χ1) is 12.7. The predicted octanol–water partition coefficient (Wildman–Crippen LogP) is 2.77. The molecule has 142 valence electrons. The Morgan fingerprint density at radius 1 is 1.12 bits per heavy atom. The minimum Gasteiger partial charge on any atom is -0.392 e. The van der Waals surface area contributed by atoms with Crippen molar-refractivity contribution in [3.63, 3.8) is 0 Å². The first-order valence-corrected chi connectivity index (χ1v) is 10.2. The Morgan fingerprint density at radius 2 is 1.88 bits per heavy atom. The van der Waals surface area contributed by atoms with Crippen LogP contribution in [-0.4, -0.2) is 59.8 Å². The summed E-state index contributed by atoms with van der Waals surface area (Å²) in [5.41, 5.74) is 1.13. The second-order valence-corrected chi connectivity index (χ2v) is 8.26. The van der Waals surface area contributed by atoms with E-state index in [1.807, 2.05) is 28.0 Å². The maximum atomic E-state index is 13.4. The van der Waals surface area contributed by atoms with Gasteiger partial charge in [0.05, 0.1) is 12.1 Å². The summed E-state index contributed by atoms with van der Waals surface area (Å²) in [6, 6.07) is 10.6. The fourth-order valence-electron chi connectivity index (χ4n) is 5.15. The highest BCUT2D eigenvalue weighted by Gasteiger charge is 2.45. The van der Waals surface area contributed by atoms with Gasteiger partial charge < -0.3 is 20.2 Å². The highest BCUT2D eigenvalue weighted by molar-refractivity contribution is 5.75. The minimum atomic E-state index is -0.250.